The smallest absolute Gasteiger partial charge is 0.274 e. The number of nitro groups is 1. The van der Waals surface area contributed by atoms with Crippen LogP contribution in [0.2, 0.25) is 0 Å². The van der Waals surface area contributed by atoms with Crippen molar-refractivity contribution in [1.29, 1.82) is 0 Å². The first-order valence-electron chi connectivity index (χ1n) is 10.0. The van der Waals surface area contributed by atoms with Gasteiger partial charge in [-0.15, -0.1) is 0 Å². The van der Waals surface area contributed by atoms with Crippen LogP contribution in [0.25, 0.3) is 5.69 Å². The molecule has 160 valence electrons. The van der Waals surface area contributed by atoms with Crippen molar-refractivity contribution in [3.63, 3.8) is 0 Å². The van der Waals surface area contributed by atoms with Crippen LogP contribution in [0.5, 0.6) is 0 Å². The van der Waals surface area contributed by atoms with Gasteiger partial charge in [0.25, 0.3) is 11.6 Å². The zero-order valence-corrected chi connectivity index (χ0v) is 17.5. The van der Waals surface area contributed by atoms with E-state index < -0.39 is 4.92 Å². The third-order valence-electron chi connectivity index (χ3n) is 5.14. The molecule has 0 saturated carbocycles. The average molecular weight is 427 g/mol. The van der Waals surface area contributed by atoms with Crippen molar-refractivity contribution in [1.82, 2.24) is 19.7 Å². The van der Waals surface area contributed by atoms with Crippen LogP contribution >= 0.6 is 0 Å². The van der Waals surface area contributed by atoms with E-state index >= 15 is 0 Å². The zero-order valence-electron chi connectivity index (χ0n) is 17.5. The van der Waals surface area contributed by atoms with Gasteiger partial charge in [-0.05, 0) is 47.9 Å². The molecule has 1 amide bonds. The Kier molecular flexibility index (Phi) is 6.03. The van der Waals surface area contributed by atoms with E-state index in [0.29, 0.717) is 24.5 Å². The summed E-state index contributed by atoms with van der Waals surface area (Å²) in [5.74, 6) is -0.210. The number of carbonyl (C=O) groups is 1. The van der Waals surface area contributed by atoms with E-state index in [1.807, 2.05) is 43.3 Å². The molecule has 8 heteroatoms. The summed E-state index contributed by atoms with van der Waals surface area (Å²) >= 11 is 0. The predicted octanol–water partition coefficient (Wildman–Crippen LogP) is 4.33. The Morgan fingerprint density at radius 3 is 2.50 bits per heavy atom. The third kappa shape index (κ3) is 4.70. The maximum Gasteiger partial charge on any atom is 0.274 e. The number of nitrogens with zero attached hydrogens (tertiary/aromatic N) is 5. The highest BCUT2D eigenvalue weighted by atomic mass is 16.6. The van der Waals surface area contributed by atoms with Gasteiger partial charge in [0, 0.05) is 43.8 Å². The second-order valence-electron chi connectivity index (χ2n) is 7.37. The topological polar surface area (TPSA) is 94.2 Å². The van der Waals surface area contributed by atoms with Crippen molar-refractivity contribution in [3.8, 4) is 5.69 Å². The minimum absolute atomic E-state index is 0.00178. The van der Waals surface area contributed by atoms with Crippen molar-refractivity contribution in [2.24, 2.45) is 0 Å². The van der Waals surface area contributed by atoms with Gasteiger partial charge in [0.15, 0.2) is 5.69 Å². The minimum atomic E-state index is -0.455. The van der Waals surface area contributed by atoms with Gasteiger partial charge in [0.2, 0.25) is 0 Å². The summed E-state index contributed by atoms with van der Waals surface area (Å²) in [5, 5.41) is 15.3. The molecule has 4 rings (SSSR count). The molecule has 32 heavy (non-hydrogen) atoms. The number of carbonyl (C=O) groups excluding carboxylic acids is 1. The largest absolute Gasteiger partial charge is 0.329 e. The van der Waals surface area contributed by atoms with E-state index in [9.17, 15) is 14.9 Å². The summed E-state index contributed by atoms with van der Waals surface area (Å²) in [7, 11) is 0. The van der Waals surface area contributed by atoms with E-state index in [0.717, 1.165) is 16.7 Å². The molecule has 0 unspecified atom stereocenters. The highest BCUT2D eigenvalue weighted by molar-refractivity contribution is 5.92. The van der Waals surface area contributed by atoms with Gasteiger partial charge >= 0.3 is 0 Å². The number of pyridine rings is 1. The molecule has 0 aliphatic rings. The lowest BCUT2D eigenvalue weighted by Crippen LogP contribution is -2.31. The Morgan fingerprint density at radius 1 is 1.03 bits per heavy atom. The molecule has 0 radical (unpaired) electrons. The Bertz CT molecular complexity index is 1240. The molecule has 8 nitrogen and oxygen atoms in total. The third-order valence-corrected chi connectivity index (χ3v) is 5.14. The van der Waals surface area contributed by atoms with Crippen LogP contribution < -0.4 is 0 Å². The standard InChI is InChI=1S/C24H21N5O3/c1-18-5-2-3-7-20(18)17-27(16-19-6-4-13-25-15-19)24(30)23-12-14-28(26-23)21-8-10-22(11-9-21)29(31)32/h2-15H,16-17H2,1H3. The van der Waals surface area contributed by atoms with Gasteiger partial charge in [-0.2, -0.15) is 5.10 Å². The minimum Gasteiger partial charge on any atom is -0.329 e. The molecule has 0 N–H and O–H groups in total. The van der Waals surface area contributed by atoms with Gasteiger partial charge < -0.3 is 4.90 Å². The Labute approximate surface area is 184 Å². The van der Waals surface area contributed by atoms with Crippen LogP contribution in [0.1, 0.15) is 27.2 Å². The summed E-state index contributed by atoms with van der Waals surface area (Å²) < 4.78 is 1.53. The SMILES string of the molecule is Cc1ccccc1CN(Cc1cccnc1)C(=O)c1ccn(-c2ccc([N+](=O)[O-])cc2)n1. The van der Waals surface area contributed by atoms with Crippen molar-refractivity contribution >= 4 is 11.6 Å². The van der Waals surface area contributed by atoms with Crippen LogP contribution in [0.3, 0.4) is 0 Å². The Balaban J connectivity index is 1.60. The number of aryl methyl sites for hydroxylation is 1. The molecule has 0 saturated heterocycles. The monoisotopic (exact) mass is 427 g/mol. The number of hydrogen-bond acceptors (Lipinski definition) is 5. The molecular weight excluding hydrogens is 406 g/mol. The quantitative estimate of drug-likeness (QED) is 0.323. The molecule has 4 aromatic rings. The molecule has 2 aromatic heterocycles. The second-order valence-corrected chi connectivity index (χ2v) is 7.37. The first-order valence-corrected chi connectivity index (χ1v) is 10.0. The fraction of sp³-hybridized carbons (Fsp3) is 0.125. The summed E-state index contributed by atoms with van der Waals surface area (Å²) in [6, 6.07) is 19.4. The van der Waals surface area contributed by atoms with Crippen molar-refractivity contribution in [2.75, 3.05) is 0 Å². The number of nitro benzene ring substituents is 1. The van der Waals surface area contributed by atoms with E-state index in [1.165, 1.54) is 16.8 Å². The van der Waals surface area contributed by atoms with Crippen LogP contribution in [-0.4, -0.2) is 30.5 Å². The lowest BCUT2D eigenvalue weighted by atomic mass is 10.1. The first-order chi connectivity index (χ1) is 15.5. The number of non-ortho nitro benzene ring substituents is 1. The first kappa shape index (κ1) is 20.9. The average Bonchev–Trinajstić information content (AvgIpc) is 3.30. The molecule has 0 fully saturated rings. The maximum atomic E-state index is 13.4. The van der Waals surface area contributed by atoms with Crippen molar-refractivity contribution < 1.29 is 9.72 Å². The number of aromatic nitrogens is 3. The van der Waals surface area contributed by atoms with Crippen LogP contribution in [0.15, 0.2) is 85.3 Å². The van der Waals surface area contributed by atoms with Gasteiger partial charge in [-0.1, -0.05) is 30.3 Å². The van der Waals surface area contributed by atoms with E-state index in [-0.39, 0.29) is 11.6 Å². The molecule has 0 bridgehead atoms. The molecule has 0 aliphatic carbocycles. The van der Waals surface area contributed by atoms with E-state index in [4.69, 9.17) is 0 Å². The Hall–Kier alpha value is -4.33. The zero-order chi connectivity index (χ0) is 22.5. The number of amides is 1. The highest BCUT2D eigenvalue weighted by Gasteiger charge is 2.20. The van der Waals surface area contributed by atoms with Gasteiger partial charge in [-0.25, -0.2) is 4.68 Å². The fourth-order valence-corrected chi connectivity index (χ4v) is 3.38. The summed E-state index contributed by atoms with van der Waals surface area (Å²) in [6.07, 6.45) is 5.11. The lowest BCUT2D eigenvalue weighted by Gasteiger charge is -2.23. The normalized spacial score (nSPS) is 10.7. The molecule has 0 spiro atoms. The summed E-state index contributed by atoms with van der Waals surface area (Å²) in [5.41, 5.74) is 4.00. The van der Waals surface area contributed by atoms with Crippen molar-refractivity contribution in [2.45, 2.75) is 20.0 Å². The van der Waals surface area contributed by atoms with Crippen molar-refractivity contribution in [3.05, 3.63) is 118 Å². The Morgan fingerprint density at radius 2 is 1.81 bits per heavy atom. The van der Waals surface area contributed by atoms with Crippen LogP contribution in [-0.2, 0) is 13.1 Å². The summed E-state index contributed by atoms with van der Waals surface area (Å²) in [4.78, 5) is 29.7. The van der Waals surface area contributed by atoms with Crippen LogP contribution in [0, 0.1) is 17.0 Å². The number of benzene rings is 2. The molecule has 2 aromatic carbocycles. The maximum absolute atomic E-state index is 13.4. The lowest BCUT2D eigenvalue weighted by molar-refractivity contribution is -0.384. The van der Waals surface area contributed by atoms with Gasteiger partial charge in [0.05, 0.1) is 10.6 Å². The molecular formula is C24H21N5O3. The number of hydrogen-bond donors (Lipinski definition) is 0. The predicted molar refractivity (Wildman–Crippen MR) is 119 cm³/mol. The second kappa shape index (κ2) is 9.22. The van der Waals surface area contributed by atoms with Crippen LogP contribution in [0.4, 0.5) is 5.69 Å². The fourth-order valence-electron chi connectivity index (χ4n) is 3.38. The van der Waals surface area contributed by atoms with E-state index in [1.54, 1.807) is 41.7 Å². The molecule has 0 aliphatic heterocycles. The van der Waals surface area contributed by atoms with Gasteiger partial charge in [-0.3, -0.25) is 19.9 Å². The number of rotatable bonds is 7. The molecule has 2 heterocycles. The van der Waals surface area contributed by atoms with Gasteiger partial charge in [0.1, 0.15) is 0 Å². The van der Waals surface area contributed by atoms with E-state index in [2.05, 4.69) is 10.1 Å². The molecule has 0 atom stereocenters. The highest BCUT2D eigenvalue weighted by Crippen LogP contribution is 2.18. The summed E-state index contributed by atoms with van der Waals surface area (Å²) in [6.45, 7) is 2.85.